The van der Waals surface area contributed by atoms with E-state index in [-0.39, 0.29) is 12.5 Å². The van der Waals surface area contributed by atoms with E-state index in [0.29, 0.717) is 0 Å². The number of benzene rings is 2. The highest BCUT2D eigenvalue weighted by Crippen LogP contribution is 2.30. The van der Waals surface area contributed by atoms with E-state index < -0.39 is 0 Å². The Morgan fingerprint density at radius 2 is 1.89 bits per heavy atom. The summed E-state index contributed by atoms with van der Waals surface area (Å²) in [4.78, 5) is 3.29. The van der Waals surface area contributed by atoms with Gasteiger partial charge in [0.05, 0.1) is 6.61 Å². The molecule has 2 N–H and O–H groups in total. The number of aliphatic hydroxyl groups is 1. The highest BCUT2D eigenvalue weighted by atomic mass is 16.3. The lowest BCUT2D eigenvalue weighted by atomic mass is 9.91. The van der Waals surface area contributed by atoms with Gasteiger partial charge in [0.1, 0.15) is 0 Å². The van der Waals surface area contributed by atoms with Crippen LogP contribution in [-0.2, 0) is 0 Å². The molecule has 3 aromatic rings. The summed E-state index contributed by atoms with van der Waals surface area (Å²) in [5, 5.41) is 11.0. The third-order valence-corrected chi connectivity index (χ3v) is 3.63. The van der Waals surface area contributed by atoms with Gasteiger partial charge in [0.15, 0.2) is 0 Å². The number of hydrogen-bond donors (Lipinski definition) is 2. The van der Waals surface area contributed by atoms with Crippen LogP contribution in [0.2, 0.25) is 0 Å². The number of rotatable bonds is 3. The van der Waals surface area contributed by atoms with Crippen LogP contribution in [0.3, 0.4) is 0 Å². The van der Waals surface area contributed by atoms with Crippen LogP contribution < -0.4 is 0 Å². The quantitative estimate of drug-likeness (QED) is 0.733. The number of aromatic amines is 1. The molecule has 1 unspecified atom stereocenters. The second-order valence-corrected chi connectivity index (χ2v) is 4.94. The van der Waals surface area contributed by atoms with E-state index in [4.69, 9.17) is 0 Å². The predicted octanol–water partition coefficient (Wildman–Crippen LogP) is 3.60. The molecule has 0 aliphatic heterocycles. The lowest BCUT2D eigenvalue weighted by molar-refractivity contribution is 0.281. The van der Waals surface area contributed by atoms with Crippen LogP contribution in [0.15, 0.2) is 54.7 Å². The molecule has 1 heterocycles. The predicted molar refractivity (Wildman–Crippen MR) is 78.4 cm³/mol. The first-order valence-electron chi connectivity index (χ1n) is 6.53. The number of H-pyrrole nitrogens is 1. The SMILES string of the molecule is Cc1ccc2[nH]cc(C(CO)c3ccccc3)c2c1. The fraction of sp³-hybridized carbons (Fsp3) is 0.176. The molecule has 0 amide bonds. The molecule has 0 fully saturated rings. The zero-order valence-electron chi connectivity index (χ0n) is 10.9. The van der Waals surface area contributed by atoms with E-state index in [1.54, 1.807) is 0 Å². The lowest BCUT2D eigenvalue weighted by Gasteiger charge is -2.14. The first-order chi connectivity index (χ1) is 9.29. The molecule has 0 radical (unpaired) electrons. The third kappa shape index (κ3) is 2.15. The zero-order valence-corrected chi connectivity index (χ0v) is 10.9. The fourth-order valence-electron chi connectivity index (χ4n) is 2.61. The van der Waals surface area contributed by atoms with Crippen molar-refractivity contribution in [3.05, 3.63) is 71.4 Å². The molecule has 0 bridgehead atoms. The summed E-state index contributed by atoms with van der Waals surface area (Å²) in [6.45, 7) is 2.21. The van der Waals surface area contributed by atoms with Crippen molar-refractivity contribution in [3.8, 4) is 0 Å². The highest BCUT2D eigenvalue weighted by Gasteiger charge is 2.16. The number of nitrogens with one attached hydrogen (secondary N) is 1. The Bertz CT molecular complexity index is 685. The molecule has 0 saturated carbocycles. The lowest BCUT2D eigenvalue weighted by Crippen LogP contribution is -2.05. The Labute approximate surface area is 112 Å². The van der Waals surface area contributed by atoms with E-state index >= 15 is 0 Å². The van der Waals surface area contributed by atoms with E-state index in [0.717, 1.165) is 16.6 Å². The Hall–Kier alpha value is -2.06. The monoisotopic (exact) mass is 251 g/mol. The molecule has 0 saturated heterocycles. The fourth-order valence-corrected chi connectivity index (χ4v) is 2.61. The summed E-state index contributed by atoms with van der Waals surface area (Å²) in [6, 6.07) is 16.5. The van der Waals surface area contributed by atoms with Crippen LogP contribution in [0.1, 0.15) is 22.6 Å². The molecule has 1 aromatic heterocycles. The van der Waals surface area contributed by atoms with Gasteiger partial charge >= 0.3 is 0 Å². The molecule has 19 heavy (non-hydrogen) atoms. The summed E-state index contributed by atoms with van der Waals surface area (Å²) in [7, 11) is 0. The Morgan fingerprint density at radius 1 is 1.11 bits per heavy atom. The van der Waals surface area contributed by atoms with E-state index in [2.05, 4.69) is 42.2 Å². The average Bonchev–Trinajstić information content (AvgIpc) is 2.84. The van der Waals surface area contributed by atoms with Gasteiger partial charge < -0.3 is 10.1 Å². The molecule has 2 aromatic carbocycles. The summed E-state index contributed by atoms with van der Waals surface area (Å²) in [6.07, 6.45) is 2.01. The minimum Gasteiger partial charge on any atom is -0.395 e. The highest BCUT2D eigenvalue weighted by molar-refractivity contribution is 5.84. The van der Waals surface area contributed by atoms with Gasteiger partial charge in [0.2, 0.25) is 0 Å². The van der Waals surface area contributed by atoms with E-state index in [1.165, 1.54) is 10.9 Å². The largest absolute Gasteiger partial charge is 0.395 e. The second-order valence-electron chi connectivity index (χ2n) is 4.94. The van der Waals surface area contributed by atoms with Crippen molar-refractivity contribution in [2.45, 2.75) is 12.8 Å². The molecular weight excluding hydrogens is 234 g/mol. The molecule has 0 aliphatic rings. The van der Waals surface area contributed by atoms with Gasteiger partial charge in [-0.2, -0.15) is 0 Å². The molecule has 0 spiro atoms. The van der Waals surface area contributed by atoms with Gasteiger partial charge in [-0.1, -0.05) is 42.0 Å². The summed E-state index contributed by atoms with van der Waals surface area (Å²) in [5.74, 6) is 0.0248. The van der Waals surface area contributed by atoms with Crippen molar-refractivity contribution in [2.75, 3.05) is 6.61 Å². The molecule has 0 aliphatic carbocycles. The van der Waals surface area contributed by atoms with Crippen LogP contribution in [0.4, 0.5) is 0 Å². The number of aliphatic hydroxyl groups excluding tert-OH is 1. The second kappa shape index (κ2) is 4.90. The van der Waals surface area contributed by atoms with Crippen LogP contribution >= 0.6 is 0 Å². The van der Waals surface area contributed by atoms with Gasteiger partial charge in [-0.15, -0.1) is 0 Å². The molecule has 2 nitrogen and oxygen atoms in total. The van der Waals surface area contributed by atoms with Crippen molar-refractivity contribution in [3.63, 3.8) is 0 Å². The van der Waals surface area contributed by atoms with Gasteiger partial charge in [-0.3, -0.25) is 0 Å². The van der Waals surface area contributed by atoms with E-state index in [9.17, 15) is 5.11 Å². The van der Waals surface area contributed by atoms with Gasteiger partial charge in [-0.25, -0.2) is 0 Å². The first-order valence-corrected chi connectivity index (χ1v) is 6.53. The first kappa shape index (κ1) is 12.0. The summed E-state index contributed by atoms with van der Waals surface area (Å²) < 4.78 is 0. The number of fused-ring (bicyclic) bond motifs is 1. The maximum Gasteiger partial charge on any atom is 0.0541 e. The molecule has 96 valence electrons. The van der Waals surface area contributed by atoms with Crippen LogP contribution in [0.25, 0.3) is 10.9 Å². The van der Waals surface area contributed by atoms with E-state index in [1.807, 2.05) is 24.4 Å². The van der Waals surface area contributed by atoms with Crippen molar-refractivity contribution in [1.82, 2.24) is 4.98 Å². The summed E-state index contributed by atoms with van der Waals surface area (Å²) in [5.41, 5.74) is 4.66. The van der Waals surface area contributed by atoms with Gasteiger partial charge in [0.25, 0.3) is 0 Å². The minimum atomic E-state index is 0.0248. The molecule has 3 rings (SSSR count). The van der Waals surface area contributed by atoms with Crippen molar-refractivity contribution < 1.29 is 5.11 Å². The van der Waals surface area contributed by atoms with Gasteiger partial charge in [0, 0.05) is 23.0 Å². The third-order valence-electron chi connectivity index (χ3n) is 3.63. The minimum absolute atomic E-state index is 0.0248. The maximum absolute atomic E-state index is 9.77. The Balaban J connectivity index is 2.14. The smallest absolute Gasteiger partial charge is 0.0541 e. The van der Waals surface area contributed by atoms with Crippen molar-refractivity contribution in [1.29, 1.82) is 0 Å². The number of aromatic nitrogens is 1. The molecule has 2 heteroatoms. The average molecular weight is 251 g/mol. The zero-order chi connectivity index (χ0) is 13.2. The van der Waals surface area contributed by atoms with Crippen LogP contribution in [0.5, 0.6) is 0 Å². The van der Waals surface area contributed by atoms with Gasteiger partial charge in [-0.05, 0) is 30.2 Å². The number of hydrogen-bond acceptors (Lipinski definition) is 1. The number of aryl methyl sites for hydroxylation is 1. The summed E-state index contributed by atoms with van der Waals surface area (Å²) >= 11 is 0. The van der Waals surface area contributed by atoms with Crippen LogP contribution in [-0.4, -0.2) is 16.7 Å². The Morgan fingerprint density at radius 3 is 2.63 bits per heavy atom. The standard InChI is InChI=1S/C17H17NO/c1-12-7-8-17-14(9-12)15(10-18-17)16(11-19)13-5-3-2-4-6-13/h2-10,16,18-19H,11H2,1H3. The topological polar surface area (TPSA) is 36.0 Å². The molecular formula is C17H17NO. The van der Waals surface area contributed by atoms with Crippen LogP contribution in [0, 0.1) is 6.92 Å². The van der Waals surface area contributed by atoms with Crippen molar-refractivity contribution in [2.24, 2.45) is 0 Å². The normalized spacial score (nSPS) is 12.7. The Kier molecular flexibility index (Phi) is 3.10. The maximum atomic E-state index is 9.77. The molecule has 1 atom stereocenters. The van der Waals surface area contributed by atoms with Crippen molar-refractivity contribution >= 4 is 10.9 Å².